The van der Waals surface area contributed by atoms with Crippen molar-refractivity contribution in [3.05, 3.63) is 41.5 Å². The summed E-state index contributed by atoms with van der Waals surface area (Å²) in [5.41, 5.74) is 2.29. The third kappa shape index (κ3) is 7.92. The van der Waals surface area contributed by atoms with Gasteiger partial charge in [0.2, 0.25) is 5.75 Å². The molecule has 0 spiro atoms. The molecular weight excluding hydrogens is 472 g/mol. The monoisotopic (exact) mass is 506 g/mol. The molecule has 1 aliphatic rings. The van der Waals surface area contributed by atoms with Gasteiger partial charge >= 0.3 is 11.9 Å². The number of nitrogens with zero attached hydrogens (tertiary/aromatic N) is 2. The molecule has 36 heavy (non-hydrogen) atoms. The number of rotatable bonds is 9. The van der Waals surface area contributed by atoms with E-state index in [0.717, 1.165) is 61.9 Å². The number of ether oxygens (including phenoxy) is 5. The van der Waals surface area contributed by atoms with Gasteiger partial charge in [0.05, 0.1) is 35.5 Å². The summed E-state index contributed by atoms with van der Waals surface area (Å²) in [6.07, 6.45) is 0. The Bertz CT molecular complexity index is 984. The van der Waals surface area contributed by atoms with E-state index in [0.29, 0.717) is 17.2 Å². The maximum absolute atomic E-state index is 9.10. The Balaban J connectivity index is 0.000000678. The molecule has 1 fully saturated rings. The molecule has 0 aromatic heterocycles. The minimum Gasteiger partial charge on any atom is -0.497 e. The van der Waals surface area contributed by atoms with E-state index in [1.165, 1.54) is 0 Å². The highest BCUT2D eigenvalue weighted by molar-refractivity contribution is 6.27. The Hall–Kier alpha value is -3.70. The first-order valence-electron chi connectivity index (χ1n) is 11.2. The Kier molecular flexibility index (Phi) is 11.1. The number of piperazine rings is 1. The van der Waals surface area contributed by atoms with E-state index in [1.54, 1.807) is 35.5 Å². The summed E-state index contributed by atoms with van der Waals surface area (Å²) in [5.74, 6) is 0.111. The first-order chi connectivity index (χ1) is 17.3. The van der Waals surface area contributed by atoms with E-state index < -0.39 is 11.9 Å². The van der Waals surface area contributed by atoms with E-state index in [1.807, 2.05) is 24.3 Å². The van der Waals surface area contributed by atoms with Gasteiger partial charge in [-0.05, 0) is 35.9 Å². The van der Waals surface area contributed by atoms with Gasteiger partial charge < -0.3 is 33.9 Å². The number of carboxylic acids is 2. The quantitative estimate of drug-likeness (QED) is 0.486. The summed E-state index contributed by atoms with van der Waals surface area (Å²) in [7, 11) is 8.31. The molecule has 0 saturated carbocycles. The summed E-state index contributed by atoms with van der Waals surface area (Å²) in [4.78, 5) is 23.1. The fourth-order valence-electron chi connectivity index (χ4n) is 3.84. The summed E-state index contributed by atoms with van der Waals surface area (Å²) < 4.78 is 27.3. The highest BCUT2D eigenvalue weighted by Gasteiger charge is 2.20. The summed E-state index contributed by atoms with van der Waals surface area (Å²) in [6.45, 7) is 5.65. The fraction of sp³-hybridized carbons (Fsp3) is 0.440. The number of hydrogen-bond acceptors (Lipinski definition) is 9. The number of benzene rings is 2. The van der Waals surface area contributed by atoms with Crippen molar-refractivity contribution in [2.75, 3.05) is 61.7 Å². The Labute approximate surface area is 210 Å². The molecule has 0 aliphatic carbocycles. The first-order valence-corrected chi connectivity index (χ1v) is 11.2. The maximum atomic E-state index is 9.10. The normalized spacial score (nSPS) is 13.7. The van der Waals surface area contributed by atoms with E-state index >= 15 is 0 Å². The smallest absolute Gasteiger partial charge is 0.414 e. The Morgan fingerprint density at radius 3 is 1.61 bits per heavy atom. The van der Waals surface area contributed by atoms with E-state index in [4.69, 9.17) is 43.5 Å². The zero-order chi connectivity index (χ0) is 26.7. The molecule has 2 aromatic rings. The molecule has 0 radical (unpaired) electrons. The Morgan fingerprint density at radius 2 is 1.19 bits per heavy atom. The van der Waals surface area contributed by atoms with Crippen molar-refractivity contribution in [2.45, 2.75) is 13.1 Å². The lowest BCUT2D eigenvalue weighted by atomic mass is 10.1. The van der Waals surface area contributed by atoms with Crippen LogP contribution in [0.25, 0.3) is 0 Å². The van der Waals surface area contributed by atoms with Crippen molar-refractivity contribution in [1.82, 2.24) is 9.80 Å². The SMILES string of the molecule is COc1ccc(OC)c(CN2CCN(Cc3cc(OC)c(OC)c(OC)c3)CC2)c1.O=C(O)C(=O)O. The van der Waals surface area contributed by atoms with Gasteiger partial charge in [0, 0.05) is 44.8 Å². The zero-order valence-corrected chi connectivity index (χ0v) is 21.3. The summed E-state index contributed by atoms with van der Waals surface area (Å²) in [6, 6.07) is 10.00. The molecule has 0 bridgehead atoms. The van der Waals surface area contributed by atoms with Crippen LogP contribution in [0.5, 0.6) is 28.7 Å². The molecule has 11 nitrogen and oxygen atoms in total. The average molecular weight is 507 g/mol. The molecule has 0 amide bonds. The van der Waals surface area contributed by atoms with Crippen LogP contribution < -0.4 is 23.7 Å². The van der Waals surface area contributed by atoms with Crippen LogP contribution in [0.15, 0.2) is 30.3 Å². The van der Waals surface area contributed by atoms with Crippen LogP contribution in [0.2, 0.25) is 0 Å². The van der Waals surface area contributed by atoms with Gasteiger partial charge in [-0.15, -0.1) is 0 Å². The highest BCUT2D eigenvalue weighted by Crippen LogP contribution is 2.38. The lowest BCUT2D eigenvalue weighted by Gasteiger charge is -2.35. The van der Waals surface area contributed by atoms with Crippen molar-refractivity contribution in [3.8, 4) is 28.7 Å². The largest absolute Gasteiger partial charge is 0.497 e. The van der Waals surface area contributed by atoms with Crippen LogP contribution in [0.3, 0.4) is 0 Å². The molecule has 0 unspecified atom stereocenters. The van der Waals surface area contributed by atoms with Gasteiger partial charge in [-0.3, -0.25) is 9.80 Å². The number of hydrogen-bond donors (Lipinski definition) is 2. The van der Waals surface area contributed by atoms with Gasteiger partial charge in [0.15, 0.2) is 11.5 Å². The van der Waals surface area contributed by atoms with E-state index in [-0.39, 0.29) is 0 Å². The van der Waals surface area contributed by atoms with Crippen LogP contribution >= 0.6 is 0 Å². The van der Waals surface area contributed by atoms with Gasteiger partial charge in [0.25, 0.3) is 0 Å². The van der Waals surface area contributed by atoms with Crippen molar-refractivity contribution >= 4 is 11.9 Å². The lowest BCUT2D eigenvalue weighted by molar-refractivity contribution is -0.159. The predicted octanol–water partition coefficient (Wildman–Crippen LogP) is 2.20. The third-order valence-electron chi connectivity index (χ3n) is 5.66. The van der Waals surface area contributed by atoms with Crippen molar-refractivity contribution in [1.29, 1.82) is 0 Å². The van der Waals surface area contributed by atoms with Crippen molar-refractivity contribution in [3.63, 3.8) is 0 Å². The van der Waals surface area contributed by atoms with E-state index in [9.17, 15) is 0 Å². The summed E-state index contributed by atoms with van der Waals surface area (Å²) >= 11 is 0. The van der Waals surface area contributed by atoms with Crippen molar-refractivity contribution < 1.29 is 43.5 Å². The van der Waals surface area contributed by atoms with Crippen LogP contribution in [0.4, 0.5) is 0 Å². The standard InChI is InChI=1S/C23H32N2O5.C2H2O4/c1-26-19-6-7-20(27-2)18(14-19)16-25-10-8-24(9-11-25)15-17-12-21(28-3)23(30-5)22(13-17)29-4;3-1(4)2(5)6/h6-7,12-14H,8-11,15-16H2,1-5H3;(H,3,4)(H,5,6). The second kappa shape index (κ2) is 14.0. The average Bonchev–Trinajstić information content (AvgIpc) is 2.89. The van der Waals surface area contributed by atoms with Gasteiger partial charge in [-0.25, -0.2) is 9.59 Å². The predicted molar refractivity (Wildman–Crippen MR) is 131 cm³/mol. The molecule has 1 aliphatic heterocycles. The Morgan fingerprint density at radius 1 is 0.694 bits per heavy atom. The van der Waals surface area contributed by atoms with Crippen LogP contribution in [-0.2, 0) is 22.7 Å². The molecular formula is C25H34N2O9. The lowest BCUT2D eigenvalue weighted by Crippen LogP contribution is -2.45. The first kappa shape index (κ1) is 28.5. The molecule has 1 saturated heterocycles. The minimum absolute atomic E-state index is 0.626. The van der Waals surface area contributed by atoms with Crippen molar-refractivity contribution in [2.24, 2.45) is 0 Å². The van der Waals surface area contributed by atoms with Gasteiger partial charge in [-0.2, -0.15) is 0 Å². The summed E-state index contributed by atoms with van der Waals surface area (Å²) in [5, 5.41) is 14.8. The number of aliphatic carboxylic acids is 2. The molecule has 2 aromatic carbocycles. The maximum Gasteiger partial charge on any atom is 0.414 e. The van der Waals surface area contributed by atoms with Crippen LogP contribution in [0, 0.1) is 0 Å². The number of carboxylic acid groups (broad SMARTS) is 2. The van der Waals surface area contributed by atoms with Crippen LogP contribution in [-0.4, -0.2) is 93.7 Å². The molecule has 1 heterocycles. The highest BCUT2D eigenvalue weighted by atomic mass is 16.5. The van der Waals surface area contributed by atoms with Gasteiger partial charge in [-0.1, -0.05) is 0 Å². The van der Waals surface area contributed by atoms with E-state index in [2.05, 4.69) is 15.9 Å². The fourth-order valence-corrected chi connectivity index (χ4v) is 3.84. The number of methoxy groups -OCH3 is 5. The zero-order valence-electron chi connectivity index (χ0n) is 21.3. The molecule has 11 heteroatoms. The second-order valence-electron chi connectivity index (χ2n) is 7.87. The molecule has 198 valence electrons. The minimum atomic E-state index is -1.82. The molecule has 3 rings (SSSR count). The second-order valence-corrected chi connectivity index (χ2v) is 7.87. The molecule has 0 atom stereocenters. The van der Waals surface area contributed by atoms with Crippen LogP contribution in [0.1, 0.15) is 11.1 Å². The van der Waals surface area contributed by atoms with Gasteiger partial charge in [0.1, 0.15) is 11.5 Å². The molecule has 2 N–H and O–H groups in total. The number of carbonyl (C=O) groups is 2. The third-order valence-corrected chi connectivity index (χ3v) is 5.66. The topological polar surface area (TPSA) is 127 Å².